The van der Waals surface area contributed by atoms with Crippen molar-refractivity contribution in [1.82, 2.24) is 15.8 Å². The van der Waals surface area contributed by atoms with Gasteiger partial charge in [-0.2, -0.15) is 0 Å². The number of amides is 1. The summed E-state index contributed by atoms with van der Waals surface area (Å²) in [7, 11) is 0. The highest BCUT2D eigenvalue weighted by Crippen LogP contribution is 2.17. The zero-order valence-electron chi connectivity index (χ0n) is 12.3. The molecule has 2 heterocycles. The van der Waals surface area contributed by atoms with E-state index < -0.39 is 5.63 Å². The van der Waals surface area contributed by atoms with E-state index in [0.717, 1.165) is 5.39 Å². The molecule has 0 aliphatic carbocycles. The van der Waals surface area contributed by atoms with Crippen molar-refractivity contribution < 1.29 is 9.21 Å². The van der Waals surface area contributed by atoms with Crippen LogP contribution in [-0.4, -0.2) is 16.0 Å². The zero-order chi connectivity index (χ0) is 16.9. The first kappa shape index (κ1) is 15.6. The molecule has 120 valence electrons. The van der Waals surface area contributed by atoms with E-state index in [1.54, 1.807) is 36.4 Å². The standard InChI is InChI=1S/C16H12N4O3S/c21-14-4-1-11-9-12(2-3-13(11)23-14)18-16(24)20-19-15(22)10-5-7-17-8-6-10/h1-9H,(H,19,22)(H2,18,20,24). The Morgan fingerprint density at radius 1 is 1.04 bits per heavy atom. The molecule has 7 nitrogen and oxygen atoms in total. The lowest BCUT2D eigenvalue weighted by Gasteiger charge is -2.12. The van der Waals surface area contributed by atoms with Crippen molar-refractivity contribution in [2.45, 2.75) is 0 Å². The molecule has 1 amide bonds. The van der Waals surface area contributed by atoms with E-state index in [9.17, 15) is 9.59 Å². The first-order valence-electron chi connectivity index (χ1n) is 6.93. The number of anilines is 1. The summed E-state index contributed by atoms with van der Waals surface area (Å²) in [6, 6.07) is 11.3. The molecule has 0 saturated carbocycles. The molecule has 0 unspecified atom stereocenters. The largest absolute Gasteiger partial charge is 0.423 e. The molecule has 24 heavy (non-hydrogen) atoms. The zero-order valence-corrected chi connectivity index (χ0v) is 13.1. The van der Waals surface area contributed by atoms with Crippen LogP contribution in [0.15, 0.2) is 64.1 Å². The highest BCUT2D eigenvalue weighted by molar-refractivity contribution is 7.80. The van der Waals surface area contributed by atoms with Crippen LogP contribution in [0.4, 0.5) is 5.69 Å². The average molecular weight is 340 g/mol. The molecule has 0 saturated heterocycles. The van der Waals surface area contributed by atoms with Gasteiger partial charge in [0, 0.05) is 35.1 Å². The fraction of sp³-hybridized carbons (Fsp3) is 0. The Morgan fingerprint density at radius 2 is 1.83 bits per heavy atom. The number of rotatable bonds is 2. The molecule has 8 heteroatoms. The second kappa shape index (κ2) is 6.88. The van der Waals surface area contributed by atoms with Crippen molar-refractivity contribution in [3.8, 4) is 0 Å². The normalized spacial score (nSPS) is 10.2. The van der Waals surface area contributed by atoms with Gasteiger partial charge in [0.2, 0.25) is 0 Å². The molecule has 0 radical (unpaired) electrons. The second-order valence-corrected chi connectivity index (χ2v) is 5.18. The lowest BCUT2D eigenvalue weighted by atomic mass is 10.2. The molecule has 0 spiro atoms. The number of hydrogen-bond donors (Lipinski definition) is 3. The number of nitrogens with one attached hydrogen (secondary N) is 3. The number of hydrazine groups is 1. The molecule has 0 fully saturated rings. The number of nitrogens with zero attached hydrogens (tertiary/aromatic N) is 1. The first-order valence-corrected chi connectivity index (χ1v) is 7.34. The quantitative estimate of drug-likeness (QED) is 0.372. The molecule has 0 aliphatic heterocycles. The molecule has 3 aromatic rings. The molecule has 1 aromatic carbocycles. The Bertz CT molecular complexity index is 956. The van der Waals surface area contributed by atoms with Crippen LogP contribution in [0.25, 0.3) is 11.0 Å². The van der Waals surface area contributed by atoms with Crippen LogP contribution in [0.2, 0.25) is 0 Å². The van der Waals surface area contributed by atoms with Gasteiger partial charge in [-0.1, -0.05) is 0 Å². The molecule has 0 atom stereocenters. The van der Waals surface area contributed by atoms with Gasteiger partial charge in [0.05, 0.1) is 0 Å². The highest BCUT2D eigenvalue weighted by Gasteiger charge is 2.05. The van der Waals surface area contributed by atoms with Crippen molar-refractivity contribution in [3.05, 3.63) is 70.8 Å². The molecular weight excluding hydrogens is 328 g/mol. The number of carbonyl (C=O) groups excluding carboxylic acids is 1. The summed E-state index contributed by atoms with van der Waals surface area (Å²) in [5, 5.41) is 3.90. The van der Waals surface area contributed by atoms with Crippen molar-refractivity contribution in [2.24, 2.45) is 0 Å². The van der Waals surface area contributed by atoms with Crippen LogP contribution in [0.5, 0.6) is 0 Å². The number of pyridine rings is 1. The third-order valence-corrected chi connectivity index (χ3v) is 3.31. The van der Waals surface area contributed by atoms with Gasteiger partial charge < -0.3 is 9.73 Å². The lowest BCUT2D eigenvalue weighted by Crippen LogP contribution is -2.43. The highest BCUT2D eigenvalue weighted by atomic mass is 32.1. The van der Waals surface area contributed by atoms with Crippen molar-refractivity contribution >= 4 is 39.9 Å². The maximum Gasteiger partial charge on any atom is 0.336 e. The van der Waals surface area contributed by atoms with E-state index in [4.69, 9.17) is 16.6 Å². The van der Waals surface area contributed by atoms with Crippen LogP contribution in [0, 0.1) is 0 Å². The van der Waals surface area contributed by atoms with Crippen LogP contribution in [-0.2, 0) is 0 Å². The van der Waals surface area contributed by atoms with Gasteiger partial charge in [-0.3, -0.25) is 20.6 Å². The SMILES string of the molecule is O=C(NNC(=S)Nc1ccc2oc(=O)ccc2c1)c1ccncc1. The van der Waals surface area contributed by atoms with Gasteiger partial charge in [0.15, 0.2) is 5.11 Å². The number of carbonyl (C=O) groups is 1. The predicted octanol–water partition coefficient (Wildman–Crippen LogP) is 1.82. The van der Waals surface area contributed by atoms with Gasteiger partial charge in [-0.25, -0.2) is 4.79 Å². The lowest BCUT2D eigenvalue weighted by molar-refractivity contribution is 0.0944. The minimum atomic E-state index is -0.403. The van der Waals surface area contributed by atoms with Gasteiger partial charge in [-0.05, 0) is 48.6 Å². The summed E-state index contributed by atoms with van der Waals surface area (Å²) in [5.41, 5.74) is 6.32. The van der Waals surface area contributed by atoms with Gasteiger partial charge in [0.25, 0.3) is 5.91 Å². The third-order valence-electron chi connectivity index (χ3n) is 3.11. The van der Waals surface area contributed by atoms with Gasteiger partial charge in [0.1, 0.15) is 5.58 Å². The Kier molecular flexibility index (Phi) is 4.48. The molecule has 0 bridgehead atoms. The van der Waals surface area contributed by atoms with Crippen molar-refractivity contribution in [3.63, 3.8) is 0 Å². The molecule has 3 rings (SSSR count). The Hall–Kier alpha value is -3.26. The Morgan fingerprint density at radius 3 is 2.62 bits per heavy atom. The minimum absolute atomic E-state index is 0.217. The van der Waals surface area contributed by atoms with Gasteiger partial charge >= 0.3 is 5.63 Å². The molecule has 3 N–H and O–H groups in total. The Balaban J connectivity index is 1.61. The summed E-state index contributed by atoms with van der Waals surface area (Å²) in [4.78, 5) is 26.9. The van der Waals surface area contributed by atoms with E-state index in [-0.39, 0.29) is 11.0 Å². The maximum atomic E-state index is 11.9. The van der Waals surface area contributed by atoms with Crippen molar-refractivity contribution in [1.29, 1.82) is 0 Å². The summed E-state index contributed by atoms with van der Waals surface area (Å²) < 4.78 is 5.06. The average Bonchev–Trinajstić information content (AvgIpc) is 2.60. The summed E-state index contributed by atoms with van der Waals surface area (Å²) in [6.45, 7) is 0. The minimum Gasteiger partial charge on any atom is -0.423 e. The van der Waals surface area contributed by atoms with E-state index >= 15 is 0 Å². The maximum absolute atomic E-state index is 11.9. The van der Waals surface area contributed by atoms with Crippen LogP contribution in [0.1, 0.15) is 10.4 Å². The smallest absolute Gasteiger partial charge is 0.336 e. The second-order valence-electron chi connectivity index (χ2n) is 4.78. The monoisotopic (exact) mass is 340 g/mol. The number of fused-ring (bicyclic) bond motifs is 1. The van der Waals surface area contributed by atoms with E-state index in [1.165, 1.54) is 18.5 Å². The fourth-order valence-electron chi connectivity index (χ4n) is 2.00. The predicted molar refractivity (Wildman–Crippen MR) is 93.5 cm³/mol. The number of benzene rings is 1. The first-order chi connectivity index (χ1) is 11.6. The van der Waals surface area contributed by atoms with Crippen LogP contribution < -0.4 is 21.8 Å². The van der Waals surface area contributed by atoms with E-state index in [0.29, 0.717) is 16.8 Å². The number of hydrogen-bond acceptors (Lipinski definition) is 5. The third kappa shape index (κ3) is 3.73. The fourth-order valence-corrected chi connectivity index (χ4v) is 2.17. The summed E-state index contributed by atoms with van der Waals surface area (Å²) >= 11 is 5.13. The van der Waals surface area contributed by atoms with Gasteiger partial charge in [-0.15, -0.1) is 0 Å². The van der Waals surface area contributed by atoms with Crippen molar-refractivity contribution in [2.75, 3.05) is 5.32 Å². The van der Waals surface area contributed by atoms with Crippen LogP contribution in [0.3, 0.4) is 0 Å². The van der Waals surface area contributed by atoms with E-state index in [1.807, 2.05) is 0 Å². The Labute approximate surface area is 141 Å². The van der Waals surface area contributed by atoms with Crippen LogP contribution >= 0.6 is 12.2 Å². The molecule has 0 aliphatic rings. The van der Waals surface area contributed by atoms with E-state index in [2.05, 4.69) is 21.2 Å². The summed E-state index contributed by atoms with van der Waals surface area (Å²) in [5.74, 6) is -0.332. The molecular formula is C16H12N4O3S. The number of thiocarbonyl (C=S) groups is 1. The number of aromatic nitrogens is 1. The molecule has 2 aromatic heterocycles. The topological polar surface area (TPSA) is 96.3 Å². The summed E-state index contributed by atoms with van der Waals surface area (Å²) in [6.07, 6.45) is 3.05.